The van der Waals surface area contributed by atoms with Crippen LogP contribution in [0.1, 0.15) is 11.1 Å². The van der Waals surface area contributed by atoms with Crippen LogP contribution in [-0.4, -0.2) is 27.7 Å². The van der Waals surface area contributed by atoms with Gasteiger partial charge in [0.25, 0.3) is 10.0 Å². The number of sulfonamides is 2. The molecular weight excluding hydrogens is 427 g/mol. The molecule has 0 radical (unpaired) electrons. The van der Waals surface area contributed by atoms with Crippen molar-refractivity contribution in [2.24, 2.45) is 0 Å². The second-order valence-electron chi connectivity index (χ2n) is 6.95. The molecule has 0 aliphatic carbocycles. The van der Waals surface area contributed by atoms with Crippen LogP contribution in [0.3, 0.4) is 0 Å². The van der Waals surface area contributed by atoms with Crippen LogP contribution in [0.25, 0.3) is 0 Å². The van der Waals surface area contributed by atoms with E-state index in [4.69, 9.17) is 0 Å². The Balaban J connectivity index is 1.59. The van der Waals surface area contributed by atoms with Gasteiger partial charge in [-0.05, 0) is 60.0 Å². The number of nitrogens with one attached hydrogen (secondary N) is 1. The van der Waals surface area contributed by atoms with Crippen molar-refractivity contribution in [1.29, 1.82) is 0 Å². The minimum atomic E-state index is -3.97. The van der Waals surface area contributed by atoms with E-state index in [0.29, 0.717) is 13.0 Å². The summed E-state index contributed by atoms with van der Waals surface area (Å²) in [4.78, 5) is 0.0323. The number of benzene rings is 3. The van der Waals surface area contributed by atoms with Crippen LogP contribution >= 0.6 is 0 Å². The lowest BCUT2D eigenvalue weighted by molar-refractivity contribution is 0.391. The highest BCUT2D eigenvalue weighted by Gasteiger charge is 2.28. The topological polar surface area (TPSA) is 83.6 Å². The van der Waals surface area contributed by atoms with Crippen molar-refractivity contribution in [1.82, 2.24) is 4.31 Å². The lowest BCUT2D eigenvalue weighted by Gasteiger charge is -2.28. The van der Waals surface area contributed by atoms with Gasteiger partial charge >= 0.3 is 0 Å². The van der Waals surface area contributed by atoms with Gasteiger partial charge in [0.2, 0.25) is 10.0 Å². The highest BCUT2D eigenvalue weighted by atomic mass is 32.2. The van der Waals surface area contributed by atoms with Gasteiger partial charge in [0.05, 0.1) is 9.79 Å². The van der Waals surface area contributed by atoms with Crippen LogP contribution in [0.4, 0.5) is 10.1 Å². The van der Waals surface area contributed by atoms with Crippen LogP contribution < -0.4 is 4.72 Å². The van der Waals surface area contributed by atoms with Crippen LogP contribution in [0.15, 0.2) is 82.6 Å². The van der Waals surface area contributed by atoms with Gasteiger partial charge in [-0.15, -0.1) is 0 Å². The molecular formula is C21H19FN2O4S2. The van der Waals surface area contributed by atoms with Crippen LogP contribution in [0, 0.1) is 5.82 Å². The van der Waals surface area contributed by atoms with Gasteiger partial charge in [0, 0.05) is 18.8 Å². The quantitative estimate of drug-likeness (QED) is 0.651. The van der Waals surface area contributed by atoms with Crippen molar-refractivity contribution in [3.63, 3.8) is 0 Å². The SMILES string of the molecule is O=S(=O)(Nc1ccc2c(c1)CN(S(=O)(=O)c1ccccc1)CC2)c1cccc(F)c1. The Kier molecular flexibility index (Phi) is 5.35. The summed E-state index contributed by atoms with van der Waals surface area (Å²) in [5, 5.41) is 0. The van der Waals surface area contributed by atoms with Gasteiger partial charge in [-0.2, -0.15) is 4.31 Å². The molecule has 0 amide bonds. The van der Waals surface area contributed by atoms with Crippen LogP contribution in [0.2, 0.25) is 0 Å². The largest absolute Gasteiger partial charge is 0.280 e. The summed E-state index contributed by atoms with van der Waals surface area (Å²) in [6, 6.07) is 18.0. The molecule has 156 valence electrons. The van der Waals surface area contributed by atoms with Crippen molar-refractivity contribution in [2.45, 2.75) is 22.8 Å². The Bertz CT molecular complexity index is 1290. The number of fused-ring (bicyclic) bond motifs is 1. The second kappa shape index (κ2) is 7.82. The standard InChI is InChI=1S/C21H19FN2O4S2/c22-18-5-4-8-21(14-18)29(25,26)23-19-10-9-16-11-12-24(15-17(16)13-19)30(27,28)20-6-2-1-3-7-20/h1-10,13-14,23H,11-12,15H2. The molecule has 1 heterocycles. The molecule has 0 aromatic heterocycles. The number of nitrogens with zero attached hydrogens (tertiary/aromatic N) is 1. The highest BCUT2D eigenvalue weighted by molar-refractivity contribution is 7.92. The van der Waals surface area contributed by atoms with E-state index in [0.717, 1.165) is 17.2 Å². The third-order valence-corrected chi connectivity index (χ3v) is 8.16. The third-order valence-electron chi connectivity index (χ3n) is 4.92. The number of hydrogen-bond donors (Lipinski definition) is 1. The second-order valence-corrected chi connectivity index (χ2v) is 10.6. The van der Waals surface area contributed by atoms with Gasteiger partial charge in [-0.1, -0.05) is 30.3 Å². The Labute approximate surface area is 175 Å². The van der Waals surface area contributed by atoms with E-state index in [1.165, 1.54) is 22.5 Å². The maximum Gasteiger partial charge on any atom is 0.261 e. The van der Waals surface area contributed by atoms with E-state index in [1.807, 2.05) is 0 Å². The summed E-state index contributed by atoms with van der Waals surface area (Å²) in [6.45, 7) is 0.487. The zero-order valence-electron chi connectivity index (χ0n) is 15.8. The lowest BCUT2D eigenvalue weighted by atomic mass is 10.0. The minimum Gasteiger partial charge on any atom is -0.280 e. The van der Waals surface area contributed by atoms with E-state index < -0.39 is 25.9 Å². The first-order chi connectivity index (χ1) is 14.3. The Morgan fingerprint density at radius 3 is 2.27 bits per heavy atom. The average Bonchev–Trinajstić information content (AvgIpc) is 2.73. The third kappa shape index (κ3) is 4.09. The van der Waals surface area contributed by atoms with Crippen molar-refractivity contribution in [2.75, 3.05) is 11.3 Å². The predicted molar refractivity (Wildman–Crippen MR) is 111 cm³/mol. The summed E-state index contributed by atoms with van der Waals surface area (Å²) in [6.07, 6.45) is 0.526. The molecule has 1 aliphatic rings. The van der Waals surface area contributed by atoms with Crippen molar-refractivity contribution in [3.05, 3.63) is 89.7 Å². The van der Waals surface area contributed by atoms with Crippen LogP contribution in [0.5, 0.6) is 0 Å². The molecule has 9 heteroatoms. The van der Waals surface area contributed by atoms with Gasteiger partial charge in [-0.25, -0.2) is 21.2 Å². The van der Waals surface area contributed by atoms with Crippen molar-refractivity contribution >= 4 is 25.7 Å². The van der Waals surface area contributed by atoms with E-state index in [9.17, 15) is 21.2 Å². The Hall–Kier alpha value is -2.75. The summed E-state index contributed by atoms with van der Waals surface area (Å²) in [5.74, 6) is -0.648. The monoisotopic (exact) mass is 446 g/mol. The van der Waals surface area contributed by atoms with E-state index in [-0.39, 0.29) is 22.0 Å². The fourth-order valence-electron chi connectivity index (χ4n) is 3.39. The maximum absolute atomic E-state index is 13.4. The summed E-state index contributed by atoms with van der Waals surface area (Å²) in [7, 11) is -7.62. The summed E-state index contributed by atoms with van der Waals surface area (Å²) < 4.78 is 68.1. The molecule has 0 unspecified atom stereocenters. The van der Waals surface area contributed by atoms with Gasteiger partial charge in [0.1, 0.15) is 5.82 Å². The number of hydrogen-bond acceptors (Lipinski definition) is 4. The Morgan fingerprint density at radius 2 is 1.53 bits per heavy atom. The first-order valence-electron chi connectivity index (χ1n) is 9.21. The first-order valence-corrected chi connectivity index (χ1v) is 12.1. The zero-order valence-corrected chi connectivity index (χ0v) is 17.5. The number of rotatable bonds is 5. The lowest BCUT2D eigenvalue weighted by Crippen LogP contribution is -2.36. The number of anilines is 1. The fraction of sp³-hybridized carbons (Fsp3) is 0.143. The smallest absolute Gasteiger partial charge is 0.261 e. The zero-order chi connectivity index (χ0) is 21.4. The molecule has 3 aromatic rings. The normalized spacial score (nSPS) is 14.8. The predicted octanol–water partition coefficient (Wildman–Crippen LogP) is 3.37. The molecule has 30 heavy (non-hydrogen) atoms. The molecule has 1 N–H and O–H groups in total. The fourth-order valence-corrected chi connectivity index (χ4v) is 5.91. The van der Waals surface area contributed by atoms with Gasteiger partial charge in [0.15, 0.2) is 0 Å². The average molecular weight is 447 g/mol. The molecule has 0 saturated heterocycles. The van der Waals surface area contributed by atoms with E-state index >= 15 is 0 Å². The van der Waals surface area contributed by atoms with Crippen molar-refractivity contribution < 1.29 is 21.2 Å². The van der Waals surface area contributed by atoms with E-state index in [1.54, 1.807) is 48.5 Å². The van der Waals surface area contributed by atoms with Crippen molar-refractivity contribution in [3.8, 4) is 0 Å². The summed E-state index contributed by atoms with van der Waals surface area (Å²) in [5.41, 5.74) is 1.97. The molecule has 0 saturated carbocycles. The van der Waals surface area contributed by atoms with Gasteiger partial charge < -0.3 is 0 Å². The highest BCUT2D eigenvalue weighted by Crippen LogP contribution is 2.28. The molecule has 1 aliphatic heterocycles. The first kappa shape index (κ1) is 20.5. The molecule has 0 fully saturated rings. The minimum absolute atomic E-state index is 0.141. The van der Waals surface area contributed by atoms with Crippen LogP contribution in [-0.2, 0) is 33.0 Å². The number of halogens is 1. The van der Waals surface area contributed by atoms with E-state index in [2.05, 4.69) is 4.72 Å². The molecule has 0 spiro atoms. The molecule has 0 bridgehead atoms. The maximum atomic E-state index is 13.4. The molecule has 6 nitrogen and oxygen atoms in total. The molecule has 3 aromatic carbocycles. The molecule has 4 rings (SSSR count). The van der Waals surface area contributed by atoms with Gasteiger partial charge in [-0.3, -0.25) is 4.72 Å². The summed E-state index contributed by atoms with van der Waals surface area (Å²) >= 11 is 0. The Morgan fingerprint density at radius 1 is 0.800 bits per heavy atom. The molecule has 0 atom stereocenters.